The number of anilines is 1. The summed E-state index contributed by atoms with van der Waals surface area (Å²) in [4.78, 5) is 2.03. The van der Waals surface area contributed by atoms with Gasteiger partial charge >= 0.3 is 0 Å². The van der Waals surface area contributed by atoms with E-state index in [1.807, 2.05) is 37.1 Å². The third kappa shape index (κ3) is 2.37. The lowest BCUT2D eigenvalue weighted by Gasteiger charge is -2.38. The lowest BCUT2D eigenvalue weighted by atomic mass is 9.96. The fraction of sp³-hybridized carbons (Fsp3) is 0.538. The molecule has 100 valence electrons. The molecule has 0 spiro atoms. The second-order valence-electron chi connectivity index (χ2n) is 5.17. The SMILES string of the molecule is Cc1cccc(N(C)C2(CN)CCS(=O)(=O)C2)c1. The Hall–Kier alpha value is -1.07. The van der Waals surface area contributed by atoms with Crippen molar-refractivity contribution in [2.24, 2.45) is 5.73 Å². The van der Waals surface area contributed by atoms with E-state index in [2.05, 4.69) is 6.07 Å². The van der Waals surface area contributed by atoms with Crippen molar-refractivity contribution in [2.45, 2.75) is 18.9 Å². The monoisotopic (exact) mass is 268 g/mol. The van der Waals surface area contributed by atoms with Crippen molar-refractivity contribution < 1.29 is 8.42 Å². The molecular weight excluding hydrogens is 248 g/mol. The Kier molecular flexibility index (Phi) is 3.38. The van der Waals surface area contributed by atoms with Crippen LogP contribution in [-0.2, 0) is 9.84 Å². The highest BCUT2D eigenvalue weighted by Crippen LogP contribution is 2.32. The zero-order chi connectivity index (χ0) is 13.4. The third-order valence-corrected chi connectivity index (χ3v) is 5.65. The number of aryl methyl sites for hydroxylation is 1. The highest BCUT2D eigenvalue weighted by Gasteiger charge is 2.44. The first-order valence-electron chi connectivity index (χ1n) is 6.10. The van der Waals surface area contributed by atoms with Gasteiger partial charge in [-0.2, -0.15) is 0 Å². The largest absolute Gasteiger partial charge is 0.367 e. The molecule has 2 N–H and O–H groups in total. The Bertz CT molecular complexity index is 542. The van der Waals surface area contributed by atoms with Gasteiger partial charge in [-0.25, -0.2) is 8.42 Å². The van der Waals surface area contributed by atoms with Crippen LogP contribution in [0, 0.1) is 6.92 Å². The van der Waals surface area contributed by atoms with Crippen molar-refractivity contribution in [1.29, 1.82) is 0 Å². The molecule has 1 aromatic rings. The van der Waals surface area contributed by atoms with Crippen LogP contribution in [0.1, 0.15) is 12.0 Å². The summed E-state index contributed by atoms with van der Waals surface area (Å²) < 4.78 is 23.5. The minimum Gasteiger partial charge on any atom is -0.367 e. The van der Waals surface area contributed by atoms with Gasteiger partial charge in [0.2, 0.25) is 0 Å². The molecule has 1 aliphatic rings. The van der Waals surface area contributed by atoms with Crippen LogP contribution in [0.2, 0.25) is 0 Å². The first-order valence-corrected chi connectivity index (χ1v) is 7.92. The first-order chi connectivity index (χ1) is 8.38. The van der Waals surface area contributed by atoms with Gasteiger partial charge in [0.1, 0.15) is 0 Å². The van der Waals surface area contributed by atoms with Crippen molar-refractivity contribution >= 4 is 15.5 Å². The molecule has 5 heteroatoms. The quantitative estimate of drug-likeness (QED) is 0.886. The number of hydrogen-bond donors (Lipinski definition) is 1. The average Bonchev–Trinajstić information content (AvgIpc) is 2.65. The molecule has 1 aliphatic heterocycles. The standard InChI is InChI=1S/C13H20N2O2S/c1-11-4-3-5-12(8-11)15(2)13(9-14)6-7-18(16,17)10-13/h3-5,8H,6-7,9-10,14H2,1-2H3. The summed E-state index contributed by atoms with van der Waals surface area (Å²) in [6.45, 7) is 2.38. The molecule has 2 rings (SSSR count). The molecule has 1 saturated heterocycles. The number of nitrogens with two attached hydrogens (primary N) is 1. The molecule has 0 aliphatic carbocycles. The molecule has 18 heavy (non-hydrogen) atoms. The molecule has 1 atom stereocenters. The Balaban J connectivity index is 2.34. The van der Waals surface area contributed by atoms with Gasteiger partial charge < -0.3 is 10.6 Å². The smallest absolute Gasteiger partial charge is 0.152 e. The summed E-state index contributed by atoms with van der Waals surface area (Å²) in [6.07, 6.45) is 0.607. The van der Waals surface area contributed by atoms with Crippen LogP contribution in [0.4, 0.5) is 5.69 Å². The summed E-state index contributed by atoms with van der Waals surface area (Å²) in [6, 6.07) is 8.06. The van der Waals surface area contributed by atoms with E-state index in [0.29, 0.717) is 13.0 Å². The third-order valence-electron chi connectivity index (χ3n) is 3.85. The Morgan fingerprint density at radius 1 is 1.44 bits per heavy atom. The minimum atomic E-state index is -2.95. The fourth-order valence-corrected chi connectivity index (χ4v) is 4.68. The molecule has 1 fully saturated rings. The van der Waals surface area contributed by atoms with E-state index in [-0.39, 0.29) is 11.5 Å². The van der Waals surface area contributed by atoms with Crippen LogP contribution >= 0.6 is 0 Å². The van der Waals surface area contributed by atoms with Crippen LogP contribution in [0.25, 0.3) is 0 Å². The Morgan fingerprint density at radius 3 is 2.67 bits per heavy atom. The van der Waals surface area contributed by atoms with E-state index in [4.69, 9.17) is 5.73 Å². The van der Waals surface area contributed by atoms with Gasteiger partial charge in [-0.3, -0.25) is 0 Å². The van der Waals surface area contributed by atoms with Gasteiger partial charge in [-0.15, -0.1) is 0 Å². The Labute approximate surface area is 109 Å². The molecule has 0 radical (unpaired) electrons. The van der Waals surface area contributed by atoms with Crippen LogP contribution in [0.15, 0.2) is 24.3 Å². The van der Waals surface area contributed by atoms with Gasteiger partial charge in [0.15, 0.2) is 9.84 Å². The molecule has 0 aromatic heterocycles. The number of benzene rings is 1. The second kappa shape index (κ2) is 4.55. The van der Waals surface area contributed by atoms with Crippen molar-refractivity contribution in [3.8, 4) is 0 Å². The van der Waals surface area contributed by atoms with Crippen LogP contribution < -0.4 is 10.6 Å². The van der Waals surface area contributed by atoms with Crippen LogP contribution in [0.5, 0.6) is 0 Å². The van der Waals surface area contributed by atoms with Crippen LogP contribution in [0.3, 0.4) is 0 Å². The predicted molar refractivity (Wildman–Crippen MR) is 74.6 cm³/mol. The minimum absolute atomic E-state index is 0.154. The highest BCUT2D eigenvalue weighted by atomic mass is 32.2. The molecular formula is C13H20N2O2S. The summed E-state index contributed by atoms with van der Waals surface area (Å²) in [5.41, 5.74) is 7.59. The lowest BCUT2D eigenvalue weighted by molar-refractivity contribution is 0.462. The molecule has 1 heterocycles. The Morgan fingerprint density at radius 2 is 2.17 bits per heavy atom. The first kappa shape index (κ1) is 13.4. The summed E-state index contributed by atoms with van der Waals surface area (Å²) in [5, 5.41) is 0. The summed E-state index contributed by atoms with van der Waals surface area (Å²) >= 11 is 0. The van der Waals surface area contributed by atoms with Gasteiger partial charge in [-0.1, -0.05) is 12.1 Å². The molecule has 0 amide bonds. The van der Waals surface area contributed by atoms with E-state index in [1.54, 1.807) is 0 Å². The molecule has 1 unspecified atom stereocenters. The van der Waals surface area contributed by atoms with Gasteiger partial charge in [0.25, 0.3) is 0 Å². The van der Waals surface area contributed by atoms with E-state index in [1.165, 1.54) is 0 Å². The van der Waals surface area contributed by atoms with Crippen molar-refractivity contribution in [2.75, 3.05) is 30.0 Å². The lowest BCUT2D eigenvalue weighted by Crippen LogP contribution is -2.53. The van der Waals surface area contributed by atoms with E-state index < -0.39 is 15.4 Å². The number of sulfone groups is 1. The topological polar surface area (TPSA) is 63.4 Å². The molecule has 4 nitrogen and oxygen atoms in total. The van der Waals surface area contributed by atoms with E-state index >= 15 is 0 Å². The van der Waals surface area contributed by atoms with E-state index in [9.17, 15) is 8.42 Å². The van der Waals surface area contributed by atoms with Crippen molar-refractivity contribution in [3.63, 3.8) is 0 Å². The van der Waals surface area contributed by atoms with Gasteiger partial charge in [0.05, 0.1) is 17.0 Å². The van der Waals surface area contributed by atoms with Gasteiger partial charge in [-0.05, 0) is 31.0 Å². The number of hydrogen-bond acceptors (Lipinski definition) is 4. The van der Waals surface area contributed by atoms with Gasteiger partial charge in [0, 0.05) is 19.3 Å². The maximum atomic E-state index is 11.7. The van der Waals surface area contributed by atoms with Crippen molar-refractivity contribution in [3.05, 3.63) is 29.8 Å². The number of likely N-dealkylation sites (N-methyl/N-ethyl adjacent to an activating group) is 1. The zero-order valence-corrected chi connectivity index (χ0v) is 11.7. The second-order valence-corrected chi connectivity index (χ2v) is 7.35. The highest BCUT2D eigenvalue weighted by molar-refractivity contribution is 7.91. The predicted octanol–water partition coefficient (Wildman–Crippen LogP) is 0.947. The maximum absolute atomic E-state index is 11.7. The maximum Gasteiger partial charge on any atom is 0.152 e. The van der Waals surface area contributed by atoms with Crippen LogP contribution in [-0.4, -0.2) is 39.1 Å². The molecule has 1 aromatic carbocycles. The normalized spacial score (nSPS) is 26.2. The average molecular weight is 268 g/mol. The number of nitrogens with zero attached hydrogens (tertiary/aromatic N) is 1. The molecule has 0 saturated carbocycles. The fourth-order valence-electron chi connectivity index (χ4n) is 2.57. The summed E-state index contributed by atoms with van der Waals surface area (Å²) in [5.74, 6) is 0.390. The van der Waals surface area contributed by atoms with Crippen molar-refractivity contribution in [1.82, 2.24) is 0 Å². The summed E-state index contributed by atoms with van der Waals surface area (Å²) in [7, 11) is -1.02. The number of rotatable bonds is 3. The van der Waals surface area contributed by atoms with E-state index in [0.717, 1.165) is 11.3 Å². The zero-order valence-electron chi connectivity index (χ0n) is 10.9. The molecule has 0 bridgehead atoms.